The predicted octanol–water partition coefficient (Wildman–Crippen LogP) is 3.39. The Balaban J connectivity index is 1.94. The lowest BCUT2D eigenvalue weighted by molar-refractivity contribution is -0.127. The second kappa shape index (κ2) is 10.6. The summed E-state index contributed by atoms with van der Waals surface area (Å²) in [6, 6.07) is 12.7. The molecule has 2 rings (SSSR count). The van der Waals surface area contributed by atoms with E-state index >= 15 is 0 Å². The Kier molecular flexibility index (Phi) is 8.13. The van der Waals surface area contributed by atoms with Gasteiger partial charge in [-0.25, -0.2) is 4.39 Å². The lowest BCUT2D eigenvalue weighted by Crippen LogP contribution is -2.45. The van der Waals surface area contributed by atoms with Crippen LogP contribution in [-0.4, -0.2) is 36.5 Å². The molecule has 0 unspecified atom stereocenters. The van der Waals surface area contributed by atoms with E-state index in [2.05, 4.69) is 10.6 Å². The van der Waals surface area contributed by atoms with Crippen LogP contribution in [0.3, 0.4) is 0 Å². The summed E-state index contributed by atoms with van der Waals surface area (Å²) in [6.07, 6.45) is 2.38. The van der Waals surface area contributed by atoms with Crippen molar-refractivity contribution in [2.75, 3.05) is 23.9 Å². The Morgan fingerprint density at radius 1 is 1.19 bits per heavy atom. The van der Waals surface area contributed by atoms with E-state index in [4.69, 9.17) is 4.74 Å². The number of hydrogen-bond donors (Lipinski definition) is 2. The molecule has 7 heteroatoms. The number of nitrogens with one attached hydrogen (secondary N) is 2. The van der Waals surface area contributed by atoms with E-state index in [0.29, 0.717) is 29.2 Å². The van der Waals surface area contributed by atoms with E-state index in [1.54, 1.807) is 43.0 Å². The molecule has 2 aromatic carbocycles. The smallest absolute Gasteiger partial charge is 0.258 e. The summed E-state index contributed by atoms with van der Waals surface area (Å²) in [7, 11) is 0. The zero-order chi connectivity index (χ0) is 19.6. The maximum absolute atomic E-state index is 13.7. The van der Waals surface area contributed by atoms with Crippen molar-refractivity contribution in [2.24, 2.45) is 0 Å². The van der Waals surface area contributed by atoms with Gasteiger partial charge < -0.3 is 15.4 Å². The van der Waals surface area contributed by atoms with Crippen molar-refractivity contribution in [1.82, 2.24) is 5.32 Å². The highest BCUT2D eigenvalue weighted by Gasteiger charge is 2.21. The van der Waals surface area contributed by atoms with Crippen molar-refractivity contribution in [3.8, 4) is 5.75 Å². The van der Waals surface area contributed by atoms with Gasteiger partial charge in [0.05, 0.1) is 0 Å². The van der Waals surface area contributed by atoms with Gasteiger partial charge in [0.1, 0.15) is 17.6 Å². The number of anilines is 1. The van der Waals surface area contributed by atoms with Crippen molar-refractivity contribution in [2.45, 2.75) is 19.4 Å². The summed E-state index contributed by atoms with van der Waals surface area (Å²) >= 11 is 1.57. The normalized spacial score (nSPS) is 11.5. The minimum atomic E-state index is -0.728. The molecular weight excluding hydrogens is 367 g/mol. The van der Waals surface area contributed by atoms with Gasteiger partial charge in [0, 0.05) is 5.69 Å². The molecule has 2 aromatic rings. The van der Waals surface area contributed by atoms with Crippen molar-refractivity contribution in [3.05, 3.63) is 59.9 Å². The average molecular weight is 390 g/mol. The van der Waals surface area contributed by atoms with E-state index < -0.39 is 17.8 Å². The summed E-state index contributed by atoms with van der Waals surface area (Å²) in [5, 5.41) is 5.34. The SMILES string of the molecule is CSCC[C@@H](NC(=O)COc1ccccc1)C(=O)Nc1ccc(C)c(F)c1. The number of rotatable bonds is 9. The molecule has 2 N–H and O–H groups in total. The lowest BCUT2D eigenvalue weighted by Gasteiger charge is -2.18. The molecule has 5 nitrogen and oxygen atoms in total. The molecule has 0 fully saturated rings. The number of halogens is 1. The molecule has 27 heavy (non-hydrogen) atoms. The summed E-state index contributed by atoms with van der Waals surface area (Å²) in [5.41, 5.74) is 0.852. The topological polar surface area (TPSA) is 67.4 Å². The number of aryl methyl sites for hydroxylation is 1. The average Bonchev–Trinajstić information content (AvgIpc) is 2.67. The summed E-state index contributed by atoms with van der Waals surface area (Å²) in [5.74, 6) is 0.0948. The number of hydrogen-bond acceptors (Lipinski definition) is 4. The second-order valence-electron chi connectivity index (χ2n) is 5.96. The Bertz CT molecular complexity index is 771. The third-order valence-corrected chi connectivity index (χ3v) is 4.46. The first kappa shape index (κ1) is 20.8. The van der Waals surface area contributed by atoms with E-state index in [9.17, 15) is 14.0 Å². The zero-order valence-electron chi connectivity index (χ0n) is 15.3. The van der Waals surface area contributed by atoms with Crippen molar-refractivity contribution in [1.29, 1.82) is 0 Å². The summed E-state index contributed by atoms with van der Waals surface area (Å²) in [4.78, 5) is 24.7. The van der Waals surface area contributed by atoms with Gasteiger partial charge in [-0.1, -0.05) is 24.3 Å². The minimum absolute atomic E-state index is 0.188. The maximum Gasteiger partial charge on any atom is 0.258 e. The summed E-state index contributed by atoms with van der Waals surface area (Å²) in [6.45, 7) is 1.46. The van der Waals surface area contributed by atoms with Crippen LogP contribution in [0.2, 0.25) is 0 Å². The van der Waals surface area contributed by atoms with Gasteiger partial charge in [-0.15, -0.1) is 0 Å². The van der Waals surface area contributed by atoms with Crippen molar-refractivity contribution in [3.63, 3.8) is 0 Å². The number of carbonyl (C=O) groups is 2. The van der Waals surface area contributed by atoms with Gasteiger partial charge in [-0.2, -0.15) is 11.8 Å². The van der Waals surface area contributed by atoms with Gasteiger partial charge in [0.15, 0.2) is 6.61 Å². The minimum Gasteiger partial charge on any atom is -0.484 e. The van der Waals surface area contributed by atoms with Crippen LogP contribution in [0.25, 0.3) is 0 Å². The van der Waals surface area contributed by atoms with E-state index in [1.165, 1.54) is 6.07 Å². The van der Waals surface area contributed by atoms with Crippen LogP contribution in [0, 0.1) is 12.7 Å². The number of ether oxygens (including phenoxy) is 1. The Hall–Kier alpha value is -2.54. The molecule has 0 aliphatic heterocycles. The third kappa shape index (κ3) is 6.94. The molecule has 2 amide bonds. The molecule has 0 spiro atoms. The highest BCUT2D eigenvalue weighted by atomic mass is 32.2. The molecule has 1 atom stereocenters. The number of carbonyl (C=O) groups excluding carboxylic acids is 2. The van der Waals surface area contributed by atoms with Crippen molar-refractivity contribution >= 4 is 29.3 Å². The van der Waals surface area contributed by atoms with Crippen LogP contribution >= 0.6 is 11.8 Å². The molecule has 0 heterocycles. The molecule has 0 aliphatic carbocycles. The molecule has 0 saturated heterocycles. The van der Waals surface area contributed by atoms with Gasteiger partial charge in [-0.3, -0.25) is 9.59 Å². The fourth-order valence-electron chi connectivity index (χ4n) is 2.31. The number of para-hydroxylation sites is 1. The predicted molar refractivity (Wildman–Crippen MR) is 107 cm³/mol. The van der Waals surface area contributed by atoms with E-state index in [0.717, 1.165) is 0 Å². The lowest BCUT2D eigenvalue weighted by atomic mass is 10.1. The highest BCUT2D eigenvalue weighted by Crippen LogP contribution is 2.14. The number of thioether (sulfide) groups is 1. The molecular formula is C20H23FN2O3S. The first-order valence-electron chi connectivity index (χ1n) is 8.52. The fraction of sp³-hybridized carbons (Fsp3) is 0.300. The van der Waals surface area contributed by atoms with Gasteiger partial charge in [-0.05, 0) is 55.2 Å². The maximum atomic E-state index is 13.7. The van der Waals surface area contributed by atoms with Crippen LogP contribution in [-0.2, 0) is 9.59 Å². The number of amides is 2. The van der Waals surface area contributed by atoms with Gasteiger partial charge in [0.2, 0.25) is 5.91 Å². The first-order chi connectivity index (χ1) is 13.0. The molecule has 0 saturated carbocycles. The van der Waals surface area contributed by atoms with E-state index in [-0.39, 0.29) is 12.5 Å². The fourth-order valence-corrected chi connectivity index (χ4v) is 2.78. The Labute approximate surface area is 162 Å². The number of benzene rings is 2. The summed E-state index contributed by atoms with van der Waals surface area (Å²) < 4.78 is 19.1. The standard InChI is InChI=1S/C20H23FN2O3S/c1-14-8-9-15(12-17(14)21)22-20(25)18(10-11-27-2)23-19(24)13-26-16-6-4-3-5-7-16/h3-9,12,18H,10-11,13H2,1-2H3,(H,22,25)(H,23,24)/t18-/m1/s1. The Morgan fingerprint density at radius 3 is 2.59 bits per heavy atom. The van der Waals surface area contributed by atoms with Gasteiger partial charge in [0.25, 0.3) is 5.91 Å². The second-order valence-corrected chi connectivity index (χ2v) is 6.94. The van der Waals surface area contributed by atoms with Gasteiger partial charge >= 0.3 is 0 Å². The van der Waals surface area contributed by atoms with Crippen LogP contribution in [0.1, 0.15) is 12.0 Å². The highest BCUT2D eigenvalue weighted by molar-refractivity contribution is 7.98. The first-order valence-corrected chi connectivity index (χ1v) is 9.92. The molecule has 0 aliphatic rings. The zero-order valence-corrected chi connectivity index (χ0v) is 16.1. The molecule has 0 aromatic heterocycles. The third-order valence-electron chi connectivity index (χ3n) is 3.81. The quantitative estimate of drug-likeness (QED) is 0.689. The van der Waals surface area contributed by atoms with Crippen LogP contribution in [0.15, 0.2) is 48.5 Å². The monoisotopic (exact) mass is 390 g/mol. The van der Waals surface area contributed by atoms with E-state index in [1.807, 2.05) is 24.5 Å². The largest absolute Gasteiger partial charge is 0.484 e. The van der Waals surface area contributed by atoms with Crippen LogP contribution < -0.4 is 15.4 Å². The van der Waals surface area contributed by atoms with Crippen LogP contribution in [0.5, 0.6) is 5.75 Å². The van der Waals surface area contributed by atoms with Crippen molar-refractivity contribution < 1.29 is 18.7 Å². The Morgan fingerprint density at radius 2 is 1.93 bits per heavy atom. The van der Waals surface area contributed by atoms with Crippen LogP contribution in [0.4, 0.5) is 10.1 Å². The molecule has 0 bridgehead atoms. The molecule has 0 radical (unpaired) electrons. The molecule has 144 valence electrons.